The molecule has 0 unspecified atom stereocenters. The molecule has 1 fully saturated rings. The van der Waals surface area contributed by atoms with Gasteiger partial charge >= 0.3 is 6.09 Å². The fraction of sp³-hybridized carbons (Fsp3) is 0.800. The van der Waals surface area contributed by atoms with Crippen LogP contribution in [0.2, 0.25) is 0 Å². The van der Waals surface area contributed by atoms with Crippen LogP contribution in [0.25, 0.3) is 0 Å². The summed E-state index contributed by atoms with van der Waals surface area (Å²) in [5.74, 6) is -0.625. The highest BCUT2D eigenvalue weighted by Crippen LogP contribution is 2.41. The molecule has 15 heavy (non-hydrogen) atoms. The second-order valence-electron chi connectivity index (χ2n) is 4.93. The number of hydrogen-bond donors (Lipinski definition) is 1. The van der Waals surface area contributed by atoms with Crippen LogP contribution >= 0.6 is 0 Å². The Morgan fingerprint density at radius 2 is 1.87 bits per heavy atom. The maximum Gasteiger partial charge on any atom is 0.408 e. The van der Waals surface area contributed by atoms with Crippen molar-refractivity contribution in [3.63, 3.8) is 0 Å². The Balaban J connectivity index is 2.68. The Kier molecular flexibility index (Phi) is 2.76. The molecule has 0 aliphatic heterocycles. The topological polar surface area (TPSA) is 57.6 Å². The minimum Gasteiger partial charge on any atom is -0.465 e. The largest absolute Gasteiger partial charge is 0.465 e. The summed E-state index contributed by atoms with van der Waals surface area (Å²) in [6.45, 7) is 4.65. The standard InChI is InChI=1S/C10H16FNO3/c1-9(2,3)12(8(14)15)6-7(13)10(11)4-5-10/h4-6H2,1-3H3,(H,14,15). The van der Waals surface area contributed by atoms with Crippen molar-refractivity contribution in [1.29, 1.82) is 0 Å². The molecule has 0 heterocycles. The summed E-state index contributed by atoms with van der Waals surface area (Å²) in [4.78, 5) is 23.3. The van der Waals surface area contributed by atoms with E-state index in [2.05, 4.69) is 0 Å². The predicted molar refractivity (Wildman–Crippen MR) is 52.6 cm³/mol. The molecule has 0 aromatic carbocycles. The van der Waals surface area contributed by atoms with E-state index in [4.69, 9.17) is 5.11 Å². The Hall–Kier alpha value is -1.13. The van der Waals surface area contributed by atoms with Gasteiger partial charge in [0.05, 0.1) is 6.54 Å². The lowest BCUT2D eigenvalue weighted by molar-refractivity contribution is -0.127. The summed E-state index contributed by atoms with van der Waals surface area (Å²) in [5, 5.41) is 8.90. The van der Waals surface area contributed by atoms with E-state index in [9.17, 15) is 14.0 Å². The van der Waals surface area contributed by atoms with Gasteiger partial charge in [-0.25, -0.2) is 9.18 Å². The van der Waals surface area contributed by atoms with E-state index in [-0.39, 0.29) is 19.4 Å². The lowest BCUT2D eigenvalue weighted by Gasteiger charge is -2.32. The van der Waals surface area contributed by atoms with Crippen LogP contribution < -0.4 is 0 Å². The van der Waals surface area contributed by atoms with E-state index in [1.807, 2.05) is 0 Å². The Labute approximate surface area is 88.1 Å². The molecule has 1 aliphatic carbocycles. The number of halogens is 1. The molecule has 0 radical (unpaired) electrons. The number of rotatable bonds is 3. The lowest BCUT2D eigenvalue weighted by atomic mass is 10.1. The fourth-order valence-electron chi connectivity index (χ4n) is 1.27. The zero-order chi connectivity index (χ0) is 11.9. The van der Waals surface area contributed by atoms with Crippen LogP contribution in [0.5, 0.6) is 0 Å². The van der Waals surface area contributed by atoms with E-state index in [0.29, 0.717) is 0 Å². The highest BCUT2D eigenvalue weighted by Gasteiger charge is 2.51. The van der Waals surface area contributed by atoms with Crippen LogP contribution in [0.3, 0.4) is 0 Å². The van der Waals surface area contributed by atoms with Crippen LogP contribution in [0, 0.1) is 0 Å². The van der Waals surface area contributed by atoms with Gasteiger partial charge in [0.15, 0.2) is 11.5 Å². The number of hydrogen-bond acceptors (Lipinski definition) is 2. The van der Waals surface area contributed by atoms with Gasteiger partial charge in [0.25, 0.3) is 0 Å². The summed E-state index contributed by atoms with van der Waals surface area (Å²) < 4.78 is 13.3. The summed E-state index contributed by atoms with van der Waals surface area (Å²) in [6, 6.07) is 0. The van der Waals surface area contributed by atoms with Crippen LogP contribution in [-0.2, 0) is 4.79 Å². The van der Waals surface area contributed by atoms with Gasteiger partial charge in [-0.2, -0.15) is 0 Å². The van der Waals surface area contributed by atoms with Gasteiger partial charge in [0.2, 0.25) is 0 Å². The minimum atomic E-state index is -1.75. The van der Waals surface area contributed by atoms with E-state index in [1.54, 1.807) is 20.8 Å². The molecule has 1 aliphatic rings. The molecule has 0 atom stereocenters. The molecule has 0 saturated heterocycles. The molecular formula is C10H16FNO3. The van der Waals surface area contributed by atoms with E-state index >= 15 is 0 Å². The van der Waals surface area contributed by atoms with Gasteiger partial charge in [-0.1, -0.05) is 0 Å². The number of carbonyl (C=O) groups excluding carboxylic acids is 1. The molecule has 0 aromatic heterocycles. The number of carboxylic acid groups (broad SMARTS) is 1. The highest BCUT2D eigenvalue weighted by atomic mass is 19.1. The van der Waals surface area contributed by atoms with Crippen molar-refractivity contribution < 1.29 is 19.1 Å². The first kappa shape index (κ1) is 11.9. The molecule has 0 bridgehead atoms. The van der Waals surface area contributed by atoms with Gasteiger partial charge in [-0.15, -0.1) is 0 Å². The first-order chi connectivity index (χ1) is 6.67. The van der Waals surface area contributed by atoms with Gasteiger partial charge in [0.1, 0.15) is 0 Å². The van der Waals surface area contributed by atoms with Crippen LogP contribution in [0.1, 0.15) is 33.6 Å². The van der Waals surface area contributed by atoms with Crippen molar-refractivity contribution in [2.45, 2.75) is 44.8 Å². The van der Waals surface area contributed by atoms with Gasteiger partial charge in [-0.3, -0.25) is 9.69 Å². The van der Waals surface area contributed by atoms with Gasteiger partial charge < -0.3 is 5.11 Å². The molecule has 1 saturated carbocycles. The number of ketones is 1. The Morgan fingerprint density at radius 3 is 2.13 bits per heavy atom. The maximum absolute atomic E-state index is 13.3. The molecule has 0 spiro atoms. The maximum atomic E-state index is 13.3. The fourth-order valence-corrected chi connectivity index (χ4v) is 1.27. The zero-order valence-electron chi connectivity index (χ0n) is 9.21. The molecule has 1 N–H and O–H groups in total. The molecule has 1 rings (SSSR count). The minimum absolute atomic E-state index is 0.226. The van der Waals surface area contributed by atoms with Crippen LogP contribution in [-0.4, -0.2) is 39.6 Å². The van der Waals surface area contributed by atoms with Crippen molar-refractivity contribution in [2.75, 3.05) is 6.54 Å². The third kappa shape index (κ3) is 2.67. The van der Waals surface area contributed by atoms with E-state index in [0.717, 1.165) is 4.90 Å². The van der Waals surface area contributed by atoms with Crippen molar-refractivity contribution in [3.05, 3.63) is 0 Å². The number of alkyl halides is 1. The summed E-state index contributed by atoms with van der Waals surface area (Å²) >= 11 is 0. The zero-order valence-corrected chi connectivity index (χ0v) is 9.21. The van der Waals surface area contributed by atoms with Crippen LogP contribution in [0.4, 0.5) is 9.18 Å². The average Bonchev–Trinajstić information content (AvgIpc) is 2.77. The molecule has 86 valence electrons. The second-order valence-corrected chi connectivity index (χ2v) is 4.93. The van der Waals surface area contributed by atoms with E-state index in [1.165, 1.54) is 0 Å². The van der Waals surface area contributed by atoms with Gasteiger partial charge in [0, 0.05) is 5.54 Å². The summed E-state index contributed by atoms with van der Waals surface area (Å²) in [6.07, 6.45) is -0.743. The quantitative estimate of drug-likeness (QED) is 0.784. The third-order valence-electron chi connectivity index (χ3n) is 2.53. The first-order valence-electron chi connectivity index (χ1n) is 4.89. The molecule has 1 amide bonds. The van der Waals surface area contributed by atoms with Crippen molar-refractivity contribution in [1.82, 2.24) is 4.90 Å². The molecule has 4 nitrogen and oxygen atoms in total. The average molecular weight is 217 g/mol. The third-order valence-corrected chi connectivity index (χ3v) is 2.53. The van der Waals surface area contributed by atoms with Crippen molar-refractivity contribution in [2.24, 2.45) is 0 Å². The van der Waals surface area contributed by atoms with E-state index < -0.39 is 23.1 Å². The predicted octanol–water partition coefficient (Wildman–Crippen LogP) is 1.84. The molecular weight excluding hydrogens is 201 g/mol. The monoisotopic (exact) mass is 217 g/mol. The number of amides is 1. The lowest BCUT2D eigenvalue weighted by Crippen LogP contribution is -2.49. The van der Waals surface area contributed by atoms with Crippen molar-refractivity contribution in [3.8, 4) is 0 Å². The molecule has 0 aromatic rings. The first-order valence-corrected chi connectivity index (χ1v) is 4.89. The number of carbonyl (C=O) groups is 2. The normalized spacial score (nSPS) is 18.4. The van der Waals surface area contributed by atoms with Gasteiger partial charge in [-0.05, 0) is 33.6 Å². The number of nitrogens with zero attached hydrogens (tertiary/aromatic N) is 1. The molecule has 5 heteroatoms. The highest BCUT2D eigenvalue weighted by molar-refractivity contribution is 5.93. The van der Waals surface area contributed by atoms with Crippen LogP contribution in [0.15, 0.2) is 0 Å². The summed E-state index contributed by atoms with van der Waals surface area (Å²) in [5.41, 5.74) is -2.44. The number of Topliss-reactive ketones (excluding diaryl/α,β-unsaturated/α-hetero) is 1. The SMILES string of the molecule is CC(C)(C)N(CC(=O)C1(F)CC1)C(=O)O. The smallest absolute Gasteiger partial charge is 0.408 e. The second kappa shape index (κ2) is 3.47. The Morgan fingerprint density at radius 1 is 1.40 bits per heavy atom. The summed E-state index contributed by atoms with van der Waals surface area (Å²) in [7, 11) is 0. The van der Waals surface area contributed by atoms with Crippen molar-refractivity contribution >= 4 is 11.9 Å². The Bertz CT molecular complexity index is 292.